The zero-order valence-corrected chi connectivity index (χ0v) is 17.4. The number of rotatable bonds is 5. The minimum Gasteiger partial charge on any atom is -0.493 e. The van der Waals surface area contributed by atoms with Gasteiger partial charge in [0.1, 0.15) is 6.61 Å². The molecule has 1 aliphatic rings. The molecule has 8 heteroatoms. The van der Waals surface area contributed by atoms with Crippen molar-refractivity contribution >= 4 is 23.2 Å². The number of methoxy groups -OCH3 is 1. The van der Waals surface area contributed by atoms with Crippen molar-refractivity contribution in [1.29, 1.82) is 5.26 Å². The second-order valence-electron chi connectivity index (χ2n) is 7.24. The number of ether oxygens (including phenoxy) is 2. The first kappa shape index (κ1) is 22.0. The van der Waals surface area contributed by atoms with Crippen LogP contribution in [0.25, 0.3) is 11.6 Å². The second kappa shape index (κ2) is 8.71. The van der Waals surface area contributed by atoms with Crippen molar-refractivity contribution in [3.63, 3.8) is 0 Å². The number of carbonyl (C=O) groups excluding carboxylic acids is 1. The largest absolute Gasteiger partial charge is 0.493 e. The van der Waals surface area contributed by atoms with Gasteiger partial charge in [-0.2, -0.15) is 18.4 Å². The van der Waals surface area contributed by atoms with Gasteiger partial charge in [0.2, 0.25) is 0 Å². The summed E-state index contributed by atoms with van der Waals surface area (Å²) in [6.07, 6.45) is -2.92. The van der Waals surface area contributed by atoms with Crippen LogP contribution in [0.3, 0.4) is 0 Å². The molecule has 166 valence electrons. The van der Waals surface area contributed by atoms with Gasteiger partial charge in [-0.15, -0.1) is 0 Å². The van der Waals surface area contributed by atoms with E-state index in [-0.39, 0.29) is 17.9 Å². The van der Waals surface area contributed by atoms with Gasteiger partial charge in [0.25, 0.3) is 5.91 Å². The zero-order valence-electron chi connectivity index (χ0n) is 17.4. The molecule has 0 saturated carbocycles. The van der Waals surface area contributed by atoms with Crippen LogP contribution < -0.4 is 14.8 Å². The van der Waals surface area contributed by atoms with Gasteiger partial charge in [0, 0.05) is 22.4 Å². The zero-order chi connectivity index (χ0) is 23.6. The number of hydrogen-bond acceptors (Lipinski definition) is 4. The van der Waals surface area contributed by atoms with E-state index in [9.17, 15) is 23.2 Å². The molecule has 0 aromatic heterocycles. The summed E-state index contributed by atoms with van der Waals surface area (Å²) in [4.78, 5) is 12.4. The van der Waals surface area contributed by atoms with Crippen LogP contribution in [-0.4, -0.2) is 13.0 Å². The maximum Gasteiger partial charge on any atom is 0.416 e. The fourth-order valence-corrected chi connectivity index (χ4v) is 3.48. The lowest BCUT2D eigenvalue weighted by atomic mass is 10.0. The summed E-state index contributed by atoms with van der Waals surface area (Å²) in [6.45, 7) is 0.165. The second-order valence-corrected chi connectivity index (χ2v) is 7.24. The molecular weight excluding hydrogens is 433 g/mol. The van der Waals surface area contributed by atoms with Crippen molar-refractivity contribution in [1.82, 2.24) is 0 Å². The Labute approximate surface area is 187 Å². The molecule has 0 aliphatic carbocycles. The Balaban J connectivity index is 1.60. The Morgan fingerprint density at radius 3 is 2.58 bits per heavy atom. The number of amides is 1. The highest BCUT2D eigenvalue weighted by molar-refractivity contribution is 6.34. The summed E-state index contributed by atoms with van der Waals surface area (Å²) >= 11 is 0. The molecule has 1 N–H and O–H groups in total. The molecule has 1 heterocycles. The lowest BCUT2D eigenvalue weighted by molar-refractivity contribution is -0.137. The third kappa shape index (κ3) is 4.53. The summed E-state index contributed by atoms with van der Waals surface area (Å²) in [5.74, 6) is 0.361. The Bertz CT molecular complexity index is 1310. The molecule has 0 atom stereocenters. The number of benzene rings is 3. The van der Waals surface area contributed by atoms with Crippen LogP contribution in [0.15, 0.2) is 60.7 Å². The fourth-order valence-electron chi connectivity index (χ4n) is 3.48. The number of anilines is 1. The van der Waals surface area contributed by atoms with E-state index >= 15 is 0 Å². The average Bonchev–Trinajstić information content (AvgIpc) is 3.11. The quantitative estimate of drug-likeness (QED) is 0.510. The smallest absolute Gasteiger partial charge is 0.416 e. The van der Waals surface area contributed by atoms with Crippen LogP contribution in [0, 0.1) is 11.3 Å². The molecule has 1 aliphatic heterocycles. The van der Waals surface area contributed by atoms with E-state index in [4.69, 9.17) is 9.47 Å². The third-order valence-corrected chi connectivity index (χ3v) is 5.15. The van der Waals surface area contributed by atoms with E-state index in [1.54, 1.807) is 42.5 Å². The summed E-state index contributed by atoms with van der Waals surface area (Å²) in [5.41, 5.74) is 1.77. The minimum atomic E-state index is -4.50. The Hall–Kier alpha value is -4.25. The molecular formula is C25H17F3N2O3. The van der Waals surface area contributed by atoms with Crippen LogP contribution >= 0.6 is 0 Å². The van der Waals surface area contributed by atoms with Crippen LogP contribution in [0.2, 0.25) is 0 Å². The number of fused-ring (bicyclic) bond motifs is 1. The molecule has 5 nitrogen and oxygen atoms in total. The normalized spacial score (nSPS) is 13.9. The lowest BCUT2D eigenvalue weighted by Gasteiger charge is -2.12. The monoisotopic (exact) mass is 450 g/mol. The molecule has 0 spiro atoms. The number of nitrogens with zero attached hydrogens (tertiary/aromatic N) is 1. The molecule has 0 radical (unpaired) electrons. The molecule has 3 aromatic carbocycles. The number of alkyl halides is 3. The highest BCUT2D eigenvalue weighted by Gasteiger charge is 2.33. The molecule has 0 bridgehead atoms. The van der Waals surface area contributed by atoms with E-state index in [0.717, 1.165) is 17.7 Å². The van der Waals surface area contributed by atoms with Crippen molar-refractivity contribution in [2.45, 2.75) is 12.8 Å². The predicted octanol–water partition coefficient (Wildman–Crippen LogP) is 5.66. The number of carbonyl (C=O) groups is 1. The standard InChI is InChI=1S/C25H17F3N2O3/c1-32-23-11-15(6-9-22(23)33-14-17-5-3-2-4-16(17)13-29)10-20-19-8-7-18(25(26,27)28)12-21(19)30-24(20)31/h2-12H,14H2,1H3,(H,30,31)/b20-10+. The number of halogens is 3. The van der Waals surface area contributed by atoms with Crippen LogP contribution in [0.1, 0.15) is 27.8 Å². The topological polar surface area (TPSA) is 71.3 Å². The SMILES string of the molecule is COc1cc(/C=C2/C(=O)Nc3cc(C(F)(F)F)ccc32)ccc1OCc1ccccc1C#N. The first-order valence-electron chi connectivity index (χ1n) is 9.83. The third-order valence-electron chi connectivity index (χ3n) is 5.15. The fraction of sp³-hybridized carbons (Fsp3) is 0.120. The molecule has 1 amide bonds. The Morgan fingerprint density at radius 1 is 1.06 bits per heavy atom. The van der Waals surface area contributed by atoms with Gasteiger partial charge in [0.05, 0.1) is 24.3 Å². The van der Waals surface area contributed by atoms with Crippen LogP contribution in [-0.2, 0) is 17.6 Å². The summed E-state index contributed by atoms with van der Waals surface area (Å²) in [6, 6.07) is 17.4. The maximum atomic E-state index is 13.0. The predicted molar refractivity (Wildman–Crippen MR) is 116 cm³/mol. The minimum absolute atomic E-state index is 0.115. The molecule has 0 fully saturated rings. The number of nitriles is 1. The number of nitrogens with one attached hydrogen (secondary N) is 1. The summed E-state index contributed by atoms with van der Waals surface area (Å²) < 4.78 is 50.1. The van der Waals surface area contributed by atoms with Crippen molar-refractivity contribution in [2.75, 3.05) is 12.4 Å². The Morgan fingerprint density at radius 2 is 1.85 bits per heavy atom. The molecule has 0 unspecified atom stereocenters. The first-order valence-corrected chi connectivity index (χ1v) is 9.83. The van der Waals surface area contributed by atoms with E-state index in [0.29, 0.717) is 28.2 Å². The molecule has 3 aromatic rings. The Kier molecular flexibility index (Phi) is 5.80. The molecule has 4 rings (SSSR count). The van der Waals surface area contributed by atoms with Crippen LogP contribution in [0.5, 0.6) is 11.5 Å². The van der Waals surface area contributed by atoms with E-state index in [1.165, 1.54) is 13.2 Å². The van der Waals surface area contributed by atoms with Gasteiger partial charge in [-0.1, -0.05) is 30.3 Å². The van der Waals surface area contributed by atoms with E-state index in [2.05, 4.69) is 11.4 Å². The lowest BCUT2D eigenvalue weighted by Crippen LogP contribution is -2.06. The molecule has 33 heavy (non-hydrogen) atoms. The number of hydrogen-bond donors (Lipinski definition) is 1. The van der Waals surface area contributed by atoms with Gasteiger partial charge in [-0.3, -0.25) is 4.79 Å². The maximum absolute atomic E-state index is 13.0. The summed E-state index contributed by atoms with van der Waals surface area (Å²) in [7, 11) is 1.47. The van der Waals surface area contributed by atoms with Crippen LogP contribution in [0.4, 0.5) is 18.9 Å². The van der Waals surface area contributed by atoms with E-state index in [1.807, 2.05) is 6.07 Å². The van der Waals surface area contributed by atoms with Crippen molar-refractivity contribution < 1.29 is 27.4 Å². The van der Waals surface area contributed by atoms with Crippen molar-refractivity contribution in [2.24, 2.45) is 0 Å². The summed E-state index contributed by atoms with van der Waals surface area (Å²) in [5, 5.41) is 11.7. The van der Waals surface area contributed by atoms with Crippen molar-refractivity contribution in [3.05, 3.63) is 88.5 Å². The first-order chi connectivity index (χ1) is 15.8. The highest BCUT2D eigenvalue weighted by Crippen LogP contribution is 2.39. The van der Waals surface area contributed by atoms with Gasteiger partial charge in [-0.05, 0) is 42.0 Å². The highest BCUT2D eigenvalue weighted by atomic mass is 19.4. The van der Waals surface area contributed by atoms with E-state index < -0.39 is 17.6 Å². The van der Waals surface area contributed by atoms with Gasteiger partial charge in [0.15, 0.2) is 11.5 Å². The van der Waals surface area contributed by atoms with Crippen molar-refractivity contribution in [3.8, 4) is 17.6 Å². The van der Waals surface area contributed by atoms with Gasteiger partial charge < -0.3 is 14.8 Å². The van der Waals surface area contributed by atoms with Gasteiger partial charge >= 0.3 is 6.18 Å². The van der Waals surface area contributed by atoms with Gasteiger partial charge in [-0.25, -0.2) is 0 Å². The average molecular weight is 450 g/mol. The molecule has 0 saturated heterocycles.